The van der Waals surface area contributed by atoms with Gasteiger partial charge in [0.2, 0.25) is 0 Å². The molecule has 5 nitrogen and oxygen atoms in total. The van der Waals surface area contributed by atoms with Crippen LogP contribution in [0.2, 0.25) is 0 Å². The van der Waals surface area contributed by atoms with E-state index in [0.717, 1.165) is 4.90 Å². The first kappa shape index (κ1) is 13.4. The second-order valence-corrected chi connectivity index (χ2v) is 5.42. The van der Waals surface area contributed by atoms with E-state index in [1.54, 1.807) is 0 Å². The zero-order chi connectivity index (χ0) is 13.2. The summed E-state index contributed by atoms with van der Waals surface area (Å²) >= 11 is 0. The minimum atomic E-state index is -0.979. The van der Waals surface area contributed by atoms with Crippen LogP contribution in [0.1, 0.15) is 27.2 Å². The summed E-state index contributed by atoms with van der Waals surface area (Å²) in [6, 6.07) is 0. The van der Waals surface area contributed by atoms with Crippen molar-refractivity contribution in [3.8, 4) is 0 Å². The molecule has 94 valence electrons. The van der Waals surface area contributed by atoms with Gasteiger partial charge in [-0.05, 0) is 11.8 Å². The van der Waals surface area contributed by atoms with E-state index in [2.05, 4.69) is 0 Å². The number of aliphatic carboxylic acids is 1. The SMILES string of the molecule is CC(C)(C)CC(CN1C(=O)C=CC1=O)C(=O)O. The maximum atomic E-state index is 11.3. The Kier molecular flexibility index (Phi) is 3.70. The number of hydrogen-bond donors (Lipinski definition) is 1. The average Bonchev–Trinajstić information content (AvgIpc) is 2.45. The van der Waals surface area contributed by atoms with E-state index in [1.165, 1.54) is 12.2 Å². The average molecular weight is 239 g/mol. The van der Waals surface area contributed by atoms with E-state index in [-0.39, 0.29) is 12.0 Å². The van der Waals surface area contributed by atoms with Gasteiger partial charge in [0.15, 0.2) is 0 Å². The zero-order valence-electron chi connectivity index (χ0n) is 10.3. The van der Waals surface area contributed by atoms with Crippen molar-refractivity contribution < 1.29 is 19.5 Å². The van der Waals surface area contributed by atoms with Crippen LogP contribution in [-0.2, 0) is 14.4 Å². The minimum Gasteiger partial charge on any atom is -0.481 e. The summed E-state index contributed by atoms with van der Waals surface area (Å²) in [5.41, 5.74) is -0.164. The fraction of sp³-hybridized carbons (Fsp3) is 0.583. The van der Waals surface area contributed by atoms with Crippen LogP contribution in [0.25, 0.3) is 0 Å². The van der Waals surface area contributed by atoms with Gasteiger partial charge in [0, 0.05) is 18.7 Å². The van der Waals surface area contributed by atoms with Crippen molar-refractivity contribution in [1.29, 1.82) is 0 Å². The number of hydrogen-bond acceptors (Lipinski definition) is 3. The molecule has 17 heavy (non-hydrogen) atoms. The van der Waals surface area contributed by atoms with E-state index < -0.39 is 23.7 Å². The lowest BCUT2D eigenvalue weighted by molar-refractivity contribution is -0.145. The highest BCUT2D eigenvalue weighted by Gasteiger charge is 2.32. The molecule has 0 aliphatic carbocycles. The Morgan fingerprint density at radius 2 is 1.76 bits per heavy atom. The van der Waals surface area contributed by atoms with Gasteiger partial charge in [0.25, 0.3) is 11.8 Å². The van der Waals surface area contributed by atoms with Gasteiger partial charge in [-0.2, -0.15) is 0 Å². The Morgan fingerprint density at radius 1 is 1.29 bits per heavy atom. The van der Waals surface area contributed by atoms with Gasteiger partial charge in [-0.3, -0.25) is 19.3 Å². The number of amides is 2. The van der Waals surface area contributed by atoms with Gasteiger partial charge in [0.1, 0.15) is 0 Å². The third-order valence-electron chi connectivity index (χ3n) is 2.51. The van der Waals surface area contributed by atoms with Gasteiger partial charge in [0.05, 0.1) is 5.92 Å². The van der Waals surface area contributed by atoms with E-state index >= 15 is 0 Å². The molecule has 1 aliphatic heterocycles. The second-order valence-electron chi connectivity index (χ2n) is 5.42. The van der Waals surface area contributed by atoms with E-state index in [0.29, 0.717) is 6.42 Å². The van der Waals surface area contributed by atoms with Crippen molar-refractivity contribution in [2.75, 3.05) is 6.54 Å². The van der Waals surface area contributed by atoms with Crippen molar-refractivity contribution in [3.63, 3.8) is 0 Å². The summed E-state index contributed by atoms with van der Waals surface area (Å²) < 4.78 is 0. The Morgan fingerprint density at radius 3 is 2.12 bits per heavy atom. The molecule has 1 rings (SSSR count). The normalized spacial score (nSPS) is 17.7. The highest BCUT2D eigenvalue weighted by atomic mass is 16.4. The summed E-state index contributed by atoms with van der Waals surface area (Å²) in [5, 5.41) is 9.10. The summed E-state index contributed by atoms with van der Waals surface area (Å²) in [5.74, 6) is -2.57. The van der Waals surface area contributed by atoms with Crippen LogP contribution in [-0.4, -0.2) is 34.3 Å². The van der Waals surface area contributed by atoms with Gasteiger partial charge in [-0.25, -0.2) is 0 Å². The lowest BCUT2D eigenvalue weighted by Crippen LogP contribution is -2.38. The third kappa shape index (κ3) is 3.69. The Labute approximate surface area is 100 Å². The van der Waals surface area contributed by atoms with Gasteiger partial charge < -0.3 is 5.11 Å². The molecule has 0 saturated carbocycles. The number of rotatable bonds is 4. The van der Waals surface area contributed by atoms with Crippen LogP contribution < -0.4 is 0 Å². The van der Waals surface area contributed by atoms with Crippen LogP contribution in [0.3, 0.4) is 0 Å². The molecule has 5 heteroatoms. The van der Waals surface area contributed by atoms with Crippen molar-refractivity contribution >= 4 is 17.8 Å². The first-order valence-corrected chi connectivity index (χ1v) is 5.47. The number of carbonyl (C=O) groups is 3. The molecule has 1 atom stereocenters. The minimum absolute atomic E-state index is 0.0583. The van der Waals surface area contributed by atoms with Gasteiger partial charge in [-0.1, -0.05) is 20.8 Å². The molecule has 1 unspecified atom stereocenters. The molecule has 0 aromatic heterocycles. The molecular weight excluding hydrogens is 222 g/mol. The fourth-order valence-electron chi connectivity index (χ4n) is 1.80. The van der Waals surface area contributed by atoms with Crippen LogP contribution in [0.5, 0.6) is 0 Å². The molecule has 0 bridgehead atoms. The van der Waals surface area contributed by atoms with Crippen molar-refractivity contribution in [2.45, 2.75) is 27.2 Å². The lowest BCUT2D eigenvalue weighted by atomic mass is 9.84. The summed E-state index contributed by atoms with van der Waals surface area (Å²) in [7, 11) is 0. The van der Waals surface area contributed by atoms with Crippen LogP contribution in [0.4, 0.5) is 0 Å². The number of nitrogens with zero attached hydrogens (tertiary/aromatic N) is 1. The molecule has 1 heterocycles. The Hall–Kier alpha value is -1.65. The van der Waals surface area contributed by atoms with E-state index in [9.17, 15) is 14.4 Å². The smallest absolute Gasteiger partial charge is 0.308 e. The number of imide groups is 1. The third-order valence-corrected chi connectivity index (χ3v) is 2.51. The van der Waals surface area contributed by atoms with Crippen molar-refractivity contribution in [3.05, 3.63) is 12.2 Å². The predicted molar refractivity (Wildman–Crippen MR) is 61.1 cm³/mol. The molecule has 1 aliphatic rings. The molecule has 0 radical (unpaired) electrons. The van der Waals surface area contributed by atoms with E-state index in [1.807, 2.05) is 20.8 Å². The highest BCUT2D eigenvalue weighted by molar-refractivity contribution is 6.13. The van der Waals surface area contributed by atoms with Crippen LogP contribution in [0, 0.1) is 11.3 Å². The molecule has 0 spiro atoms. The van der Waals surface area contributed by atoms with Crippen LogP contribution >= 0.6 is 0 Å². The van der Waals surface area contributed by atoms with Crippen molar-refractivity contribution in [1.82, 2.24) is 4.90 Å². The van der Waals surface area contributed by atoms with Crippen LogP contribution in [0.15, 0.2) is 12.2 Å². The lowest BCUT2D eigenvalue weighted by Gasteiger charge is -2.26. The van der Waals surface area contributed by atoms with Gasteiger partial charge >= 0.3 is 5.97 Å². The maximum absolute atomic E-state index is 11.3. The molecule has 0 saturated heterocycles. The molecule has 0 aromatic carbocycles. The molecular formula is C12H17NO4. The first-order chi connectivity index (χ1) is 7.70. The largest absolute Gasteiger partial charge is 0.481 e. The zero-order valence-corrected chi connectivity index (χ0v) is 10.3. The molecule has 0 fully saturated rings. The monoisotopic (exact) mass is 239 g/mol. The number of carboxylic acids is 1. The van der Waals surface area contributed by atoms with Crippen molar-refractivity contribution in [2.24, 2.45) is 11.3 Å². The van der Waals surface area contributed by atoms with Gasteiger partial charge in [-0.15, -0.1) is 0 Å². The maximum Gasteiger partial charge on any atom is 0.308 e. The summed E-state index contributed by atoms with van der Waals surface area (Å²) in [6.45, 7) is 5.72. The summed E-state index contributed by atoms with van der Waals surface area (Å²) in [6.07, 6.45) is 2.75. The quantitative estimate of drug-likeness (QED) is 0.744. The number of carbonyl (C=O) groups excluding carboxylic acids is 2. The predicted octanol–water partition coefficient (Wildman–Crippen LogP) is 1.05. The first-order valence-electron chi connectivity index (χ1n) is 5.47. The summed E-state index contributed by atoms with van der Waals surface area (Å²) in [4.78, 5) is 34.8. The Bertz CT molecular complexity index is 360. The highest BCUT2D eigenvalue weighted by Crippen LogP contribution is 2.25. The standard InChI is InChI=1S/C12H17NO4/c1-12(2,3)6-8(11(16)17)7-13-9(14)4-5-10(13)15/h4-5,8H,6-7H2,1-3H3,(H,16,17). The number of carboxylic acid groups (broad SMARTS) is 1. The van der Waals surface area contributed by atoms with E-state index in [4.69, 9.17) is 5.11 Å². The molecule has 2 amide bonds. The molecule has 0 aromatic rings. The second kappa shape index (κ2) is 4.69. The topological polar surface area (TPSA) is 74.7 Å². The Balaban J connectivity index is 2.71. The fourth-order valence-corrected chi connectivity index (χ4v) is 1.80. The molecule has 1 N–H and O–H groups in total.